The first-order chi connectivity index (χ1) is 12.2. The summed E-state index contributed by atoms with van der Waals surface area (Å²) in [5.41, 5.74) is 1.65. The van der Waals surface area contributed by atoms with Gasteiger partial charge in [-0.25, -0.2) is 9.78 Å². The topological polar surface area (TPSA) is 66.5 Å². The molecule has 0 unspecified atom stereocenters. The molecule has 25 heavy (non-hydrogen) atoms. The minimum Gasteiger partial charge on any atom is -0.378 e. The highest BCUT2D eigenvalue weighted by molar-refractivity contribution is 5.90. The van der Waals surface area contributed by atoms with Crippen LogP contribution in [0.15, 0.2) is 12.1 Å². The molecule has 136 valence electrons. The van der Waals surface area contributed by atoms with Crippen molar-refractivity contribution >= 4 is 17.5 Å². The molecule has 0 radical (unpaired) electrons. The summed E-state index contributed by atoms with van der Waals surface area (Å²) < 4.78 is 5.83. The van der Waals surface area contributed by atoms with Crippen LogP contribution in [0.25, 0.3) is 0 Å². The Morgan fingerprint density at radius 1 is 1.24 bits per heavy atom. The van der Waals surface area contributed by atoms with Gasteiger partial charge in [0.25, 0.3) is 0 Å². The summed E-state index contributed by atoms with van der Waals surface area (Å²) in [4.78, 5) is 19.3. The quantitative estimate of drug-likeness (QED) is 0.881. The second-order valence-electron chi connectivity index (χ2n) is 7.56. The summed E-state index contributed by atoms with van der Waals surface area (Å²) in [7, 11) is 0. The van der Waals surface area contributed by atoms with Gasteiger partial charge < -0.3 is 20.3 Å². The van der Waals surface area contributed by atoms with E-state index in [1.807, 2.05) is 19.1 Å². The monoisotopic (exact) mass is 344 g/mol. The molecule has 0 bridgehead atoms. The minimum absolute atomic E-state index is 0.139. The van der Waals surface area contributed by atoms with Gasteiger partial charge in [0.1, 0.15) is 5.82 Å². The molecule has 0 aromatic carbocycles. The number of carbonyl (C=O) groups is 1. The Labute approximate surface area is 149 Å². The smallest absolute Gasteiger partial charge is 0.319 e. The van der Waals surface area contributed by atoms with Crippen molar-refractivity contribution in [3.63, 3.8) is 0 Å². The lowest BCUT2D eigenvalue weighted by atomic mass is 10.0. The molecule has 2 N–H and O–H groups in total. The molecular formula is C19H28N4O2. The molecule has 4 rings (SSSR count). The third-order valence-corrected chi connectivity index (χ3v) is 5.55. The number of pyridine rings is 1. The molecule has 2 amide bonds. The van der Waals surface area contributed by atoms with Crippen LogP contribution in [0.4, 0.5) is 16.3 Å². The number of nitrogens with one attached hydrogen (secondary N) is 2. The molecule has 1 saturated carbocycles. The lowest BCUT2D eigenvalue weighted by Gasteiger charge is -2.30. The Morgan fingerprint density at radius 2 is 2.04 bits per heavy atom. The van der Waals surface area contributed by atoms with Crippen LogP contribution in [0.3, 0.4) is 0 Å². The maximum Gasteiger partial charge on any atom is 0.319 e. The van der Waals surface area contributed by atoms with Crippen molar-refractivity contribution in [1.29, 1.82) is 0 Å². The molecule has 6 heteroatoms. The van der Waals surface area contributed by atoms with Crippen molar-refractivity contribution in [2.75, 3.05) is 29.9 Å². The predicted octanol–water partition coefficient (Wildman–Crippen LogP) is 3.07. The number of aromatic nitrogens is 1. The number of hydrogen-bond acceptors (Lipinski definition) is 4. The van der Waals surface area contributed by atoms with Gasteiger partial charge in [0.05, 0.1) is 17.5 Å². The van der Waals surface area contributed by atoms with Crippen LogP contribution in [0, 0.1) is 12.8 Å². The van der Waals surface area contributed by atoms with Crippen LogP contribution in [-0.4, -0.2) is 42.9 Å². The van der Waals surface area contributed by atoms with Gasteiger partial charge in [-0.1, -0.05) is 0 Å². The van der Waals surface area contributed by atoms with Gasteiger partial charge in [-0.15, -0.1) is 0 Å². The summed E-state index contributed by atoms with van der Waals surface area (Å²) in [6.07, 6.45) is 7.18. The summed E-state index contributed by atoms with van der Waals surface area (Å²) in [6.45, 7) is 4.85. The van der Waals surface area contributed by atoms with E-state index in [-0.39, 0.29) is 12.1 Å². The minimum atomic E-state index is -0.139. The molecule has 3 aliphatic rings. The fourth-order valence-electron chi connectivity index (χ4n) is 3.90. The van der Waals surface area contributed by atoms with Crippen molar-refractivity contribution in [2.24, 2.45) is 5.92 Å². The molecule has 6 nitrogen and oxygen atoms in total. The maximum atomic E-state index is 12.4. The largest absolute Gasteiger partial charge is 0.378 e. The molecule has 1 aromatic heterocycles. The van der Waals surface area contributed by atoms with Crippen molar-refractivity contribution in [3.8, 4) is 0 Å². The number of anilines is 2. The van der Waals surface area contributed by atoms with Crippen LogP contribution < -0.4 is 15.5 Å². The van der Waals surface area contributed by atoms with Crippen LogP contribution >= 0.6 is 0 Å². The molecular weight excluding hydrogens is 316 g/mol. The van der Waals surface area contributed by atoms with Gasteiger partial charge in [0.15, 0.2) is 0 Å². The highest BCUT2D eigenvalue weighted by Gasteiger charge is 2.36. The number of nitrogens with zero attached hydrogens (tertiary/aromatic N) is 2. The Balaban J connectivity index is 1.32. The molecule has 0 spiro atoms. The summed E-state index contributed by atoms with van der Waals surface area (Å²) in [5, 5.41) is 6.07. The van der Waals surface area contributed by atoms with Crippen LogP contribution in [0.1, 0.15) is 44.2 Å². The van der Waals surface area contributed by atoms with E-state index in [1.165, 1.54) is 25.7 Å². The molecule has 1 aromatic rings. The number of amides is 2. The second-order valence-corrected chi connectivity index (χ2v) is 7.56. The van der Waals surface area contributed by atoms with Crippen LogP contribution in [-0.2, 0) is 4.74 Å². The Morgan fingerprint density at radius 3 is 2.76 bits per heavy atom. The zero-order chi connectivity index (χ0) is 17.2. The molecule has 3 heterocycles. The first-order valence-electron chi connectivity index (χ1n) is 9.61. The van der Waals surface area contributed by atoms with E-state index in [0.717, 1.165) is 55.7 Å². The first kappa shape index (κ1) is 16.6. The van der Waals surface area contributed by atoms with Gasteiger partial charge >= 0.3 is 6.03 Å². The average molecular weight is 344 g/mol. The summed E-state index contributed by atoms with van der Waals surface area (Å²) in [5.74, 6) is 1.73. The Kier molecular flexibility index (Phi) is 4.79. The summed E-state index contributed by atoms with van der Waals surface area (Å²) >= 11 is 0. The highest BCUT2D eigenvalue weighted by atomic mass is 16.5. The highest BCUT2D eigenvalue weighted by Crippen LogP contribution is 2.38. The number of rotatable bonds is 4. The fraction of sp³-hybridized carbons (Fsp3) is 0.684. The van der Waals surface area contributed by atoms with Crippen molar-refractivity contribution in [3.05, 3.63) is 17.8 Å². The summed E-state index contributed by atoms with van der Waals surface area (Å²) in [6, 6.07) is 4.04. The van der Waals surface area contributed by atoms with Crippen molar-refractivity contribution in [2.45, 2.75) is 57.6 Å². The molecule has 2 aliphatic heterocycles. The predicted molar refractivity (Wildman–Crippen MR) is 98.1 cm³/mol. The Hall–Kier alpha value is -1.82. The number of aryl methyl sites for hydroxylation is 1. The number of urea groups is 1. The molecule has 1 aliphatic carbocycles. The first-order valence-corrected chi connectivity index (χ1v) is 9.61. The van der Waals surface area contributed by atoms with E-state index in [9.17, 15) is 4.79 Å². The molecule has 2 saturated heterocycles. The van der Waals surface area contributed by atoms with E-state index in [0.29, 0.717) is 6.10 Å². The van der Waals surface area contributed by atoms with Gasteiger partial charge in [0.2, 0.25) is 0 Å². The average Bonchev–Trinajstić information content (AvgIpc) is 3.31. The number of carbonyl (C=O) groups excluding carboxylic acids is 1. The maximum absolute atomic E-state index is 12.4. The zero-order valence-corrected chi connectivity index (χ0v) is 15.0. The number of hydrogen-bond donors (Lipinski definition) is 2. The standard InChI is InChI=1S/C19H28N4O2/c1-13-16(6-7-18(20-13)23-9-2-3-10-23)22-19(24)21-15-8-11-25-17(12-15)14-4-5-14/h6-7,14-15,17H,2-5,8-12H2,1H3,(H2,21,22,24)/t15-,17+/m0/s1. The third kappa shape index (κ3) is 4.06. The van der Waals surface area contributed by atoms with Crippen LogP contribution in [0.2, 0.25) is 0 Å². The van der Waals surface area contributed by atoms with Crippen LogP contribution in [0.5, 0.6) is 0 Å². The lowest BCUT2D eigenvalue weighted by molar-refractivity contribution is -0.00889. The van der Waals surface area contributed by atoms with E-state index in [2.05, 4.69) is 20.5 Å². The van der Waals surface area contributed by atoms with E-state index in [4.69, 9.17) is 4.74 Å². The van der Waals surface area contributed by atoms with Gasteiger partial charge in [-0.3, -0.25) is 0 Å². The zero-order valence-electron chi connectivity index (χ0n) is 15.0. The van der Waals surface area contributed by atoms with E-state index >= 15 is 0 Å². The number of ether oxygens (including phenoxy) is 1. The normalized spacial score (nSPS) is 26.5. The third-order valence-electron chi connectivity index (χ3n) is 5.55. The Bertz CT molecular complexity index is 626. The SMILES string of the molecule is Cc1nc(N2CCCC2)ccc1NC(=O)N[C@H]1CCO[C@@H](C2CC2)C1. The second kappa shape index (κ2) is 7.20. The van der Waals surface area contributed by atoms with E-state index in [1.54, 1.807) is 0 Å². The molecule has 3 fully saturated rings. The van der Waals surface area contributed by atoms with Crippen molar-refractivity contribution in [1.82, 2.24) is 10.3 Å². The van der Waals surface area contributed by atoms with Gasteiger partial charge in [-0.05, 0) is 63.5 Å². The lowest BCUT2D eigenvalue weighted by Crippen LogP contribution is -2.44. The fourth-order valence-corrected chi connectivity index (χ4v) is 3.90. The van der Waals surface area contributed by atoms with Gasteiger partial charge in [0, 0.05) is 25.7 Å². The van der Waals surface area contributed by atoms with E-state index < -0.39 is 0 Å². The van der Waals surface area contributed by atoms with Gasteiger partial charge in [-0.2, -0.15) is 0 Å². The molecule has 2 atom stereocenters. The van der Waals surface area contributed by atoms with Crippen molar-refractivity contribution < 1.29 is 9.53 Å².